The quantitative estimate of drug-likeness (QED) is 0.0380. The molecule has 0 aromatic heterocycles. The molecule has 6 amide bonds. The number of hydrogen-bond donors (Lipinski definition) is 16. The van der Waals surface area contributed by atoms with Gasteiger partial charge in [-0.25, -0.2) is 4.79 Å². The predicted molar refractivity (Wildman–Crippen MR) is 237 cm³/mol. The van der Waals surface area contributed by atoms with Crippen LogP contribution in [0, 0.1) is 0 Å². The van der Waals surface area contributed by atoms with Gasteiger partial charge in [0.25, 0.3) is 5.91 Å². The lowest BCUT2D eigenvalue weighted by molar-refractivity contribution is -0.148. The smallest absolute Gasteiger partial charge is 0.326 e. The molecule has 394 valence electrons. The van der Waals surface area contributed by atoms with Gasteiger partial charge in [-0.05, 0) is 30.3 Å². The van der Waals surface area contributed by atoms with Gasteiger partial charge in [0.1, 0.15) is 64.9 Å². The largest absolute Gasteiger partial charge is 0.508 e. The van der Waals surface area contributed by atoms with Crippen LogP contribution in [0.1, 0.15) is 65.6 Å². The summed E-state index contributed by atoms with van der Waals surface area (Å²) in [6.45, 7) is 0. The maximum atomic E-state index is 14.1. The standard InChI is InChI=1S/C44H44N6O24/c51-17-5-7-21-29(9-17)74-30-10-18(52)6-8-22(30)44(21,73)20-4-2-1-3-19(20)37(65)45-23(11-31(53)54)38(66)46-24(12-32(55)56)39(67)47-25(13-33(57)58)40(68)48-26(14-34(59)60)41(69)49-27(15-35(61)62)42(70)50-28(43(71)72)16-36(63)64/h1-10,23-28,51-52,73H,11-16H2,(H,45,65)(H,46,66)(H,47,67)(H,48,68)(H,49,69)(H,50,70)(H,53,54)(H,55,56)(H,57,58)(H,59,60)(H,61,62)(H,63,64)(H,71,72)/t23-,24-,25-,26-,27-,28-/m0/s1. The second kappa shape index (κ2) is 24.3. The molecule has 0 unspecified atom stereocenters. The Labute approximate surface area is 412 Å². The number of aliphatic hydroxyl groups is 1. The summed E-state index contributed by atoms with van der Waals surface area (Å²) in [4.78, 5) is 163. The van der Waals surface area contributed by atoms with Crippen molar-refractivity contribution < 1.29 is 118 Å². The first-order valence-corrected chi connectivity index (χ1v) is 21.1. The zero-order chi connectivity index (χ0) is 55.4. The predicted octanol–water partition coefficient (Wildman–Crippen LogP) is -3.06. The summed E-state index contributed by atoms with van der Waals surface area (Å²) in [5, 5.41) is 110. The Balaban J connectivity index is 1.61. The summed E-state index contributed by atoms with van der Waals surface area (Å²) in [7, 11) is 0. The van der Waals surface area contributed by atoms with Crippen LogP contribution < -0.4 is 36.6 Å². The van der Waals surface area contributed by atoms with Crippen molar-refractivity contribution in [3.63, 3.8) is 0 Å². The highest BCUT2D eigenvalue weighted by Crippen LogP contribution is 2.52. The number of carboxylic acid groups (broad SMARTS) is 7. The molecule has 0 radical (unpaired) electrons. The first-order valence-electron chi connectivity index (χ1n) is 21.1. The average Bonchev–Trinajstić information content (AvgIpc) is 3.28. The molecular formula is C44H44N6O24. The van der Waals surface area contributed by atoms with Crippen LogP contribution in [0.15, 0.2) is 60.7 Å². The molecule has 6 atom stereocenters. The van der Waals surface area contributed by atoms with Gasteiger partial charge in [0, 0.05) is 34.4 Å². The van der Waals surface area contributed by atoms with Crippen molar-refractivity contribution in [1.82, 2.24) is 31.9 Å². The molecule has 0 spiro atoms. The van der Waals surface area contributed by atoms with Crippen molar-refractivity contribution >= 4 is 77.2 Å². The molecule has 16 N–H and O–H groups in total. The topological polar surface area (TPSA) is 506 Å². The van der Waals surface area contributed by atoms with Crippen LogP contribution in [0.2, 0.25) is 0 Å². The van der Waals surface area contributed by atoms with Crippen LogP contribution in [0.4, 0.5) is 0 Å². The number of fused-ring (bicyclic) bond motifs is 2. The van der Waals surface area contributed by atoms with E-state index in [-0.39, 0.29) is 39.7 Å². The van der Waals surface area contributed by atoms with Gasteiger partial charge >= 0.3 is 41.8 Å². The molecule has 0 saturated heterocycles. The van der Waals surface area contributed by atoms with Gasteiger partial charge in [-0.3, -0.25) is 57.5 Å². The Morgan fingerprint density at radius 1 is 0.405 bits per heavy atom. The molecule has 3 aromatic rings. The number of amides is 6. The molecular weight excluding hydrogens is 997 g/mol. The summed E-state index contributed by atoms with van der Waals surface area (Å²) in [6, 6.07) is -1.48. The van der Waals surface area contributed by atoms with Gasteiger partial charge in [0.2, 0.25) is 29.5 Å². The molecule has 30 heteroatoms. The fourth-order valence-electron chi connectivity index (χ4n) is 7.23. The molecule has 4 rings (SSSR count). The van der Waals surface area contributed by atoms with Crippen LogP contribution in [-0.2, 0) is 63.1 Å². The van der Waals surface area contributed by atoms with Crippen molar-refractivity contribution in [2.45, 2.75) is 80.4 Å². The van der Waals surface area contributed by atoms with E-state index in [0.717, 1.165) is 18.2 Å². The number of nitrogens with one attached hydrogen (secondary N) is 6. The normalized spacial score (nSPS) is 14.3. The molecule has 1 heterocycles. The number of ether oxygens (including phenoxy) is 1. The number of aliphatic carboxylic acids is 7. The Bertz CT molecular complexity index is 2750. The van der Waals surface area contributed by atoms with E-state index in [4.69, 9.17) is 9.84 Å². The first kappa shape index (κ1) is 56.7. The lowest BCUT2D eigenvalue weighted by Gasteiger charge is -2.37. The minimum absolute atomic E-state index is 0.0379. The zero-order valence-corrected chi connectivity index (χ0v) is 37.7. The maximum absolute atomic E-state index is 14.1. The molecule has 30 nitrogen and oxygen atoms in total. The van der Waals surface area contributed by atoms with E-state index in [1.54, 1.807) is 21.3 Å². The van der Waals surface area contributed by atoms with E-state index < -0.39 is 163 Å². The Hall–Kier alpha value is -9.87. The summed E-state index contributed by atoms with van der Waals surface area (Å²) >= 11 is 0. The Kier molecular flexibility index (Phi) is 18.6. The second-order valence-corrected chi connectivity index (χ2v) is 16.0. The Morgan fingerprint density at radius 3 is 1.03 bits per heavy atom. The third kappa shape index (κ3) is 14.8. The van der Waals surface area contributed by atoms with Crippen LogP contribution in [0.3, 0.4) is 0 Å². The van der Waals surface area contributed by atoms with E-state index in [9.17, 15) is 108 Å². The number of phenolic OH excluding ortho intramolecular Hbond substituents is 2. The maximum Gasteiger partial charge on any atom is 0.326 e. The average molecular weight is 1040 g/mol. The van der Waals surface area contributed by atoms with Gasteiger partial charge in [-0.15, -0.1) is 0 Å². The molecule has 0 aliphatic carbocycles. The molecule has 0 bridgehead atoms. The van der Waals surface area contributed by atoms with E-state index in [0.29, 0.717) is 0 Å². The molecule has 74 heavy (non-hydrogen) atoms. The monoisotopic (exact) mass is 1040 g/mol. The lowest BCUT2D eigenvalue weighted by Crippen LogP contribution is -2.60. The van der Waals surface area contributed by atoms with E-state index in [2.05, 4.69) is 5.32 Å². The minimum Gasteiger partial charge on any atom is -0.508 e. The van der Waals surface area contributed by atoms with Gasteiger partial charge in [-0.1, -0.05) is 18.2 Å². The molecule has 3 aromatic carbocycles. The summed E-state index contributed by atoms with van der Waals surface area (Å²) < 4.78 is 5.81. The number of carbonyl (C=O) groups excluding carboxylic acids is 6. The van der Waals surface area contributed by atoms with Crippen molar-refractivity contribution in [2.24, 2.45) is 0 Å². The number of hydrogen-bond acceptors (Lipinski definition) is 17. The Morgan fingerprint density at radius 2 is 0.703 bits per heavy atom. The highest BCUT2D eigenvalue weighted by molar-refractivity contribution is 6.02. The van der Waals surface area contributed by atoms with Crippen LogP contribution in [0.5, 0.6) is 23.0 Å². The van der Waals surface area contributed by atoms with Crippen molar-refractivity contribution in [3.05, 3.63) is 82.9 Å². The highest BCUT2D eigenvalue weighted by atomic mass is 16.5. The fourth-order valence-corrected chi connectivity index (χ4v) is 7.23. The lowest BCUT2D eigenvalue weighted by atomic mass is 9.76. The van der Waals surface area contributed by atoms with Crippen molar-refractivity contribution in [3.8, 4) is 23.0 Å². The zero-order valence-electron chi connectivity index (χ0n) is 37.7. The summed E-state index contributed by atoms with van der Waals surface area (Å²) in [6.07, 6.45) is -8.06. The number of phenols is 2. The number of carboxylic acids is 7. The SMILES string of the molecule is O=C(O)C[C@H](NC(=O)[C@H](CC(=O)O)NC(=O)[C@H](CC(=O)O)NC(=O)[C@H](CC(=O)O)NC(=O)[C@H](CC(=O)O)NC(=O)[C@H](CC(=O)O)NC(=O)c1ccccc1C1(O)c2ccc(O)cc2Oc2cc(O)ccc21)C(=O)O. The highest BCUT2D eigenvalue weighted by Gasteiger charge is 2.45. The van der Waals surface area contributed by atoms with Gasteiger partial charge < -0.3 is 87.7 Å². The first-order chi connectivity index (χ1) is 34.6. The van der Waals surface area contributed by atoms with Crippen molar-refractivity contribution in [1.29, 1.82) is 0 Å². The molecule has 0 fully saturated rings. The van der Waals surface area contributed by atoms with Gasteiger partial charge in [0.15, 0.2) is 0 Å². The van der Waals surface area contributed by atoms with E-state index in [1.807, 2.05) is 5.32 Å². The minimum atomic E-state index is -2.40. The van der Waals surface area contributed by atoms with Crippen LogP contribution in [0.25, 0.3) is 0 Å². The number of carbonyl (C=O) groups is 13. The third-order valence-corrected chi connectivity index (χ3v) is 10.5. The molecule has 1 aliphatic heterocycles. The molecule has 1 aliphatic rings. The second-order valence-electron chi connectivity index (χ2n) is 16.0. The summed E-state index contributed by atoms with van der Waals surface area (Å²) in [5.74, 6) is -23.2. The molecule has 0 saturated carbocycles. The van der Waals surface area contributed by atoms with E-state index >= 15 is 0 Å². The fraction of sp³-hybridized carbons (Fsp3) is 0.295. The van der Waals surface area contributed by atoms with Gasteiger partial charge in [-0.2, -0.15) is 0 Å². The van der Waals surface area contributed by atoms with E-state index in [1.165, 1.54) is 42.5 Å². The third-order valence-electron chi connectivity index (χ3n) is 10.5. The number of benzene rings is 3. The van der Waals surface area contributed by atoms with Crippen LogP contribution in [-0.4, -0.2) is 165 Å². The summed E-state index contributed by atoms with van der Waals surface area (Å²) in [5.41, 5.74) is -3.05. The van der Waals surface area contributed by atoms with Gasteiger partial charge in [0.05, 0.1) is 38.5 Å². The number of rotatable bonds is 26. The van der Waals surface area contributed by atoms with Crippen LogP contribution >= 0.6 is 0 Å². The number of aromatic hydroxyl groups is 2. The van der Waals surface area contributed by atoms with Crippen molar-refractivity contribution in [2.75, 3.05) is 0 Å².